The first-order valence-corrected chi connectivity index (χ1v) is 8.77. The Morgan fingerprint density at radius 2 is 2.13 bits per heavy atom. The highest BCUT2D eigenvalue weighted by Gasteiger charge is 2.29. The standard InChI is InChI=1S/C18H24BrNO3/c1-11(17(22)23-18(2,3)4)9-13-6-5-12-7-8-14(19)10-15(12)20-16(13)21/h7-8,10-11,13H,5-6,9H2,1-4H3,(H,20,21)/t11?,13-/m1/s1. The number of esters is 1. The quantitative estimate of drug-likeness (QED) is 0.793. The van der Waals surface area contributed by atoms with Gasteiger partial charge in [-0.3, -0.25) is 9.59 Å². The fourth-order valence-electron chi connectivity index (χ4n) is 2.73. The second kappa shape index (κ2) is 7.04. The van der Waals surface area contributed by atoms with E-state index in [2.05, 4.69) is 21.2 Å². The first kappa shape index (κ1) is 18.0. The minimum absolute atomic E-state index is 0.0164. The van der Waals surface area contributed by atoms with Crippen molar-refractivity contribution in [3.8, 4) is 0 Å². The van der Waals surface area contributed by atoms with Gasteiger partial charge in [-0.05, 0) is 57.7 Å². The number of carbonyl (C=O) groups excluding carboxylic acids is 2. The predicted octanol–water partition coefficient (Wildman–Crippen LogP) is 4.32. The highest BCUT2D eigenvalue weighted by Crippen LogP contribution is 2.30. The van der Waals surface area contributed by atoms with Crippen LogP contribution < -0.4 is 5.32 Å². The zero-order valence-electron chi connectivity index (χ0n) is 14.1. The molecule has 0 spiro atoms. The number of rotatable bonds is 3. The van der Waals surface area contributed by atoms with Crippen molar-refractivity contribution in [2.75, 3.05) is 5.32 Å². The number of anilines is 1. The van der Waals surface area contributed by atoms with Crippen molar-refractivity contribution in [2.24, 2.45) is 11.8 Å². The van der Waals surface area contributed by atoms with Gasteiger partial charge in [-0.15, -0.1) is 0 Å². The molecule has 1 aliphatic heterocycles. The van der Waals surface area contributed by atoms with Gasteiger partial charge in [-0.2, -0.15) is 0 Å². The van der Waals surface area contributed by atoms with Crippen molar-refractivity contribution in [3.63, 3.8) is 0 Å². The molecule has 4 nitrogen and oxygen atoms in total. The molecule has 0 radical (unpaired) electrons. The van der Waals surface area contributed by atoms with E-state index in [-0.39, 0.29) is 23.7 Å². The number of fused-ring (bicyclic) bond motifs is 1. The highest BCUT2D eigenvalue weighted by atomic mass is 79.9. The summed E-state index contributed by atoms with van der Waals surface area (Å²) in [5, 5.41) is 2.98. The number of halogens is 1. The minimum atomic E-state index is -0.500. The SMILES string of the molecule is CC(C[C@H]1CCc2ccc(Br)cc2NC1=O)C(=O)OC(C)(C)C. The van der Waals surface area contributed by atoms with Crippen molar-refractivity contribution in [1.82, 2.24) is 0 Å². The molecule has 1 unspecified atom stereocenters. The van der Waals surface area contributed by atoms with E-state index in [1.165, 1.54) is 0 Å². The fraction of sp³-hybridized carbons (Fsp3) is 0.556. The van der Waals surface area contributed by atoms with E-state index in [4.69, 9.17) is 4.74 Å². The number of amides is 1. The Bertz CT molecular complexity index is 607. The molecule has 0 saturated carbocycles. The molecule has 0 saturated heterocycles. The van der Waals surface area contributed by atoms with Crippen LogP contribution in [0.4, 0.5) is 5.69 Å². The van der Waals surface area contributed by atoms with Crippen LogP contribution >= 0.6 is 15.9 Å². The smallest absolute Gasteiger partial charge is 0.309 e. The fourth-order valence-corrected chi connectivity index (χ4v) is 3.09. The van der Waals surface area contributed by atoms with E-state index in [0.717, 1.165) is 28.6 Å². The van der Waals surface area contributed by atoms with Crippen molar-refractivity contribution < 1.29 is 14.3 Å². The molecule has 1 aromatic carbocycles. The van der Waals surface area contributed by atoms with Crippen LogP contribution in [0.3, 0.4) is 0 Å². The van der Waals surface area contributed by atoms with E-state index in [1.54, 1.807) is 0 Å². The summed E-state index contributed by atoms with van der Waals surface area (Å²) in [6, 6.07) is 5.93. The number of benzene rings is 1. The van der Waals surface area contributed by atoms with Gasteiger partial charge >= 0.3 is 5.97 Å². The number of nitrogens with one attached hydrogen (secondary N) is 1. The molecule has 1 aliphatic rings. The van der Waals surface area contributed by atoms with E-state index < -0.39 is 5.60 Å². The Morgan fingerprint density at radius 1 is 1.43 bits per heavy atom. The Balaban J connectivity index is 2.02. The van der Waals surface area contributed by atoms with Crippen LogP contribution in [-0.4, -0.2) is 17.5 Å². The Morgan fingerprint density at radius 3 is 2.78 bits per heavy atom. The summed E-state index contributed by atoms with van der Waals surface area (Å²) in [7, 11) is 0. The van der Waals surface area contributed by atoms with Crippen LogP contribution in [0.25, 0.3) is 0 Å². The molecule has 1 amide bonds. The van der Waals surface area contributed by atoms with Gasteiger partial charge in [0.1, 0.15) is 5.60 Å². The minimum Gasteiger partial charge on any atom is -0.460 e. The van der Waals surface area contributed by atoms with E-state index in [1.807, 2.05) is 45.9 Å². The molecule has 0 bridgehead atoms. The van der Waals surface area contributed by atoms with Crippen LogP contribution in [0, 0.1) is 11.8 Å². The Hall–Kier alpha value is -1.36. The second-order valence-corrected chi connectivity index (χ2v) is 8.11. The summed E-state index contributed by atoms with van der Waals surface area (Å²) in [4.78, 5) is 24.6. The monoisotopic (exact) mass is 381 g/mol. The molecule has 23 heavy (non-hydrogen) atoms. The van der Waals surface area contributed by atoms with Gasteiger partial charge in [0.15, 0.2) is 0 Å². The van der Waals surface area contributed by atoms with Gasteiger partial charge in [-0.1, -0.05) is 28.9 Å². The molecule has 0 fully saturated rings. The Labute approximate surface area is 146 Å². The normalized spacial score (nSPS) is 19.3. The third-order valence-electron chi connectivity index (χ3n) is 3.91. The maximum Gasteiger partial charge on any atom is 0.309 e. The van der Waals surface area contributed by atoms with Gasteiger partial charge in [0, 0.05) is 16.1 Å². The number of hydrogen-bond donors (Lipinski definition) is 1. The van der Waals surface area contributed by atoms with Gasteiger partial charge in [0.2, 0.25) is 5.91 Å². The number of ether oxygens (including phenoxy) is 1. The van der Waals surface area contributed by atoms with Crippen molar-refractivity contribution in [3.05, 3.63) is 28.2 Å². The van der Waals surface area contributed by atoms with E-state index in [9.17, 15) is 9.59 Å². The lowest BCUT2D eigenvalue weighted by Gasteiger charge is -2.23. The molecular weight excluding hydrogens is 358 g/mol. The first-order valence-electron chi connectivity index (χ1n) is 7.98. The first-order chi connectivity index (χ1) is 10.7. The van der Waals surface area contributed by atoms with Gasteiger partial charge in [0.25, 0.3) is 0 Å². The molecule has 126 valence electrons. The van der Waals surface area contributed by atoms with Crippen LogP contribution in [0.15, 0.2) is 22.7 Å². The molecule has 0 aliphatic carbocycles. The lowest BCUT2D eigenvalue weighted by molar-refractivity contribution is -0.160. The Kier molecular flexibility index (Phi) is 5.50. The largest absolute Gasteiger partial charge is 0.460 e. The average Bonchev–Trinajstić information content (AvgIpc) is 2.56. The van der Waals surface area contributed by atoms with Gasteiger partial charge in [0.05, 0.1) is 5.92 Å². The van der Waals surface area contributed by atoms with E-state index in [0.29, 0.717) is 6.42 Å². The summed E-state index contributed by atoms with van der Waals surface area (Å²) in [6.07, 6.45) is 2.08. The zero-order valence-corrected chi connectivity index (χ0v) is 15.7. The highest BCUT2D eigenvalue weighted by molar-refractivity contribution is 9.10. The summed E-state index contributed by atoms with van der Waals surface area (Å²) in [5.74, 6) is -0.728. The lowest BCUT2D eigenvalue weighted by Crippen LogP contribution is -2.30. The maximum atomic E-state index is 12.5. The van der Waals surface area contributed by atoms with E-state index >= 15 is 0 Å². The summed E-state index contributed by atoms with van der Waals surface area (Å²) in [6.45, 7) is 7.38. The topological polar surface area (TPSA) is 55.4 Å². The molecule has 1 N–H and O–H groups in total. The van der Waals surface area contributed by atoms with Crippen molar-refractivity contribution in [2.45, 2.75) is 52.6 Å². The van der Waals surface area contributed by atoms with Gasteiger partial charge < -0.3 is 10.1 Å². The van der Waals surface area contributed by atoms with Gasteiger partial charge in [-0.25, -0.2) is 0 Å². The number of hydrogen-bond acceptors (Lipinski definition) is 3. The van der Waals surface area contributed by atoms with Crippen molar-refractivity contribution in [1.29, 1.82) is 0 Å². The van der Waals surface area contributed by atoms with Crippen LogP contribution in [0.2, 0.25) is 0 Å². The molecule has 5 heteroatoms. The third kappa shape index (κ3) is 5.06. The molecular formula is C18H24BrNO3. The maximum absolute atomic E-state index is 12.5. The molecule has 1 aromatic rings. The third-order valence-corrected chi connectivity index (χ3v) is 4.40. The van der Waals surface area contributed by atoms with Crippen molar-refractivity contribution >= 4 is 33.5 Å². The lowest BCUT2D eigenvalue weighted by atomic mass is 9.91. The van der Waals surface area contributed by atoms with Crippen LogP contribution in [0.5, 0.6) is 0 Å². The number of aryl methyl sites for hydroxylation is 1. The predicted molar refractivity (Wildman–Crippen MR) is 94.2 cm³/mol. The number of carbonyl (C=O) groups is 2. The summed E-state index contributed by atoms with van der Waals surface area (Å²) >= 11 is 3.43. The zero-order chi connectivity index (χ0) is 17.2. The molecule has 2 atom stereocenters. The second-order valence-electron chi connectivity index (χ2n) is 7.20. The molecule has 2 rings (SSSR count). The summed E-state index contributed by atoms with van der Waals surface area (Å²) in [5.41, 5.74) is 1.49. The molecule has 0 aromatic heterocycles. The molecule has 1 heterocycles. The van der Waals surface area contributed by atoms with Crippen LogP contribution in [0.1, 0.15) is 46.1 Å². The average molecular weight is 382 g/mol. The summed E-state index contributed by atoms with van der Waals surface area (Å²) < 4.78 is 6.35. The van der Waals surface area contributed by atoms with Crippen LogP contribution in [-0.2, 0) is 20.7 Å².